The highest BCUT2D eigenvalue weighted by molar-refractivity contribution is 6.08. The molecular formula is C36H40F2N4O7. The number of carbonyl (C=O) groups is 2. The number of anilines is 3. The summed E-state index contributed by atoms with van der Waals surface area (Å²) in [6.07, 6.45) is -0.527. The summed E-state index contributed by atoms with van der Waals surface area (Å²) in [5.41, 5.74) is 8.51. The number of nitrogens with zero attached hydrogens (tertiary/aromatic N) is 2. The normalized spacial score (nSPS) is 26.6. The topological polar surface area (TPSA) is 169 Å². The van der Waals surface area contributed by atoms with E-state index < -0.39 is 60.2 Å². The molecule has 0 radical (unpaired) electrons. The fourth-order valence-corrected chi connectivity index (χ4v) is 7.16. The Morgan fingerprint density at radius 2 is 1.59 bits per heavy atom. The lowest BCUT2D eigenvalue weighted by atomic mass is 9.62. The number of nitrogens with one attached hydrogen (secondary N) is 1. The van der Waals surface area contributed by atoms with E-state index >= 15 is 0 Å². The Morgan fingerprint density at radius 3 is 2.24 bits per heavy atom. The monoisotopic (exact) mass is 678 g/mol. The van der Waals surface area contributed by atoms with Crippen LogP contribution in [0.25, 0.3) is 0 Å². The number of urea groups is 1. The molecule has 3 fully saturated rings. The molecule has 11 nitrogen and oxygen atoms in total. The lowest BCUT2D eigenvalue weighted by Crippen LogP contribution is -2.67. The summed E-state index contributed by atoms with van der Waals surface area (Å²) in [7, 11) is 0. The molecule has 0 saturated carbocycles. The number of hydrogen-bond donors (Lipinski definition) is 6. The van der Waals surface area contributed by atoms with Gasteiger partial charge in [-0.15, -0.1) is 0 Å². The number of carbonyl (C=O) groups excluding carboxylic acids is 2. The number of ether oxygens (including phenoxy) is 1. The highest BCUT2D eigenvalue weighted by Gasteiger charge is 2.62. The number of β-lactam (4-membered cyclic amide) rings is 1. The number of piperidine rings is 1. The van der Waals surface area contributed by atoms with Crippen LogP contribution in [0.4, 0.5) is 30.6 Å². The molecule has 0 aliphatic carbocycles. The molecule has 260 valence electrons. The van der Waals surface area contributed by atoms with Gasteiger partial charge in [0.2, 0.25) is 5.91 Å². The van der Waals surface area contributed by atoms with E-state index in [1.54, 1.807) is 17.0 Å². The van der Waals surface area contributed by atoms with Gasteiger partial charge in [0.25, 0.3) is 0 Å². The van der Waals surface area contributed by atoms with Crippen molar-refractivity contribution in [3.05, 3.63) is 102 Å². The first-order valence-electron chi connectivity index (χ1n) is 16.3. The fourth-order valence-electron chi connectivity index (χ4n) is 7.16. The first-order chi connectivity index (χ1) is 23.5. The van der Waals surface area contributed by atoms with Crippen molar-refractivity contribution in [1.29, 1.82) is 0 Å². The number of amides is 3. The van der Waals surface area contributed by atoms with Crippen molar-refractivity contribution in [3.8, 4) is 0 Å². The van der Waals surface area contributed by atoms with Crippen molar-refractivity contribution in [1.82, 2.24) is 4.90 Å². The molecule has 3 aliphatic rings. The van der Waals surface area contributed by atoms with Crippen LogP contribution in [0.3, 0.4) is 0 Å². The van der Waals surface area contributed by atoms with Gasteiger partial charge in [-0.2, -0.15) is 0 Å². The third kappa shape index (κ3) is 6.77. The largest absolute Gasteiger partial charge is 0.397 e. The summed E-state index contributed by atoms with van der Waals surface area (Å²) in [4.78, 5) is 30.2. The molecule has 3 saturated heterocycles. The van der Waals surface area contributed by atoms with E-state index in [9.17, 15) is 38.8 Å². The van der Waals surface area contributed by atoms with Crippen molar-refractivity contribution in [2.45, 2.75) is 62.2 Å². The number of allylic oxidation sites excluding steroid dienone is 1. The number of para-hydroxylation sites is 2. The molecule has 3 aromatic rings. The van der Waals surface area contributed by atoms with Gasteiger partial charge in [0, 0.05) is 24.8 Å². The number of likely N-dealkylation sites (tertiary alicyclic amines) is 1. The summed E-state index contributed by atoms with van der Waals surface area (Å²) in [6, 6.07) is 17.0. The van der Waals surface area contributed by atoms with Crippen molar-refractivity contribution in [2.24, 2.45) is 5.41 Å². The van der Waals surface area contributed by atoms with Gasteiger partial charge in [-0.1, -0.05) is 48.6 Å². The fraction of sp³-hybridized carbons (Fsp3) is 0.389. The Morgan fingerprint density at radius 1 is 0.939 bits per heavy atom. The van der Waals surface area contributed by atoms with E-state index in [0.717, 1.165) is 29.3 Å². The lowest BCUT2D eigenvalue weighted by molar-refractivity contribution is -0.228. The molecular weight excluding hydrogens is 638 g/mol. The maximum absolute atomic E-state index is 14.0. The predicted molar refractivity (Wildman–Crippen MR) is 177 cm³/mol. The average Bonchev–Trinajstić information content (AvgIpc) is 3.09. The molecule has 6 unspecified atom stereocenters. The Labute approximate surface area is 282 Å². The Bertz CT molecular complexity index is 1680. The molecule has 1 spiro atoms. The summed E-state index contributed by atoms with van der Waals surface area (Å²) >= 11 is 0. The van der Waals surface area contributed by atoms with Gasteiger partial charge in [-0.25, -0.2) is 13.6 Å². The van der Waals surface area contributed by atoms with Crippen LogP contribution in [-0.4, -0.2) is 87.5 Å². The van der Waals surface area contributed by atoms with Crippen LogP contribution in [0.5, 0.6) is 0 Å². The molecule has 0 aromatic heterocycles. The maximum Gasteiger partial charge on any atom is 0.321 e. The van der Waals surface area contributed by atoms with E-state index in [1.165, 1.54) is 4.90 Å². The molecule has 49 heavy (non-hydrogen) atoms. The highest BCUT2D eigenvalue weighted by atomic mass is 19.1. The van der Waals surface area contributed by atoms with Crippen LogP contribution in [0.1, 0.15) is 36.4 Å². The second-order valence-corrected chi connectivity index (χ2v) is 12.9. The second kappa shape index (κ2) is 14.2. The van der Waals surface area contributed by atoms with Crippen LogP contribution < -0.4 is 16.0 Å². The minimum absolute atomic E-state index is 0.00919. The first kappa shape index (κ1) is 34.5. The number of hydrogen-bond acceptors (Lipinski definition) is 8. The zero-order chi connectivity index (χ0) is 34.9. The lowest BCUT2D eigenvalue weighted by Gasteiger charge is -2.59. The zero-order valence-corrected chi connectivity index (χ0v) is 26.7. The quantitative estimate of drug-likeness (QED) is 0.120. The molecule has 6 rings (SSSR count). The minimum Gasteiger partial charge on any atom is -0.397 e. The van der Waals surface area contributed by atoms with E-state index in [-0.39, 0.29) is 37.1 Å². The zero-order valence-electron chi connectivity index (χ0n) is 26.7. The smallest absolute Gasteiger partial charge is 0.321 e. The number of aliphatic hydroxyl groups excluding tert-OH is 4. The van der Waals surface area contributed by atoms with Crippen LogP contribution in [0.2, 0.25) is 0 Å². The average molecular weight is 679 g/mol. The van der Waals surface area contributed by atoms with Gasteiger partial charge in [0.05, 0.1) is 35.5 Å². The van der Waals surface area contributed by atoms with E-state index in [1.807, 2.05) is 48.6 Å². The van der Waals surface area contributed by atoms with Crippen molar-refractivity contribution in [2.75, 3.05) is 35.6 Å². The molecule has 3 aromatic carbocycles. The third-order valence-electron chi connectivity index (χ3n) is 9.85. The number of rotatable bonds is 8. The molecule has 3 amide bonds. The Kier molecular flexibility index (Phi) is 10.00. The van der Waals surface area contributed by atoms with E-state index in [4.69, 9.17) is 10.5 Å². The molecule has 7 N–H and O–H groups in total. The summed E-state index contributed by atoms with van der Waals surface area (Å²) in [5, 5.41) is 42.3. The third-order valence-corrected chi connectivity index (χ3v) is 9.85. The Balaban J connectivity index is 1.14. The van der Waals surface area contributed by atoms with Gasteiger partial charge in [-0.3, -0.25) is 4.79 Å². The number of nitrogens with two attached hydrogens (primary N) is 1. The molecule has 3 aliphatic heterocycles. The van der Waals surface area contributed by atoms with E-state index in [2.05, 4.69) is 5.32 Å². The van der Waals surface area contributed by atoms with E-state index in [0.29, 0.717) is 30.6 Å². The van der Waals surface area contributed by atoms with Gasteiger partial charge >= 0.3 is 6.03 Å². The number of halogens is 2. The van der Waals surface area contributed by atoms with Crippen LogP contribution in [0, 0.1) is 17.0 Å². The standard InChI is InChI=1S/C36H40F2N4O7/c37-23-17-24(38)19-25(18-23)40-35(48)41-15-13-36(14-16-41)33(42(34(36)47)27-7-3-2-6-26(27)39)22-11-9-21(10-12-22)5-1-4-8-28-30(44)32(46)31(45)29(20-43)49-28/h1-4,6-7,9-12,17-19,28-33,43-46H,5,8,13-16,20,39H2,(H,40,48)/b4-1+. The van der Waals surface area contributed by atoms with Crippen molar-refractivity contribution >= 4 is 29.0 Å². The predicted octanol–water partition coefficient (Wildman–Crippen LogP) is 3.28. The number of benzene rings is 3. The number of nitrogen functional groups attached to an aromatic ring is 1. The van der Waals surface area contributed by atoms with Gasteiger partial charge in [-0.05, 0) is 61.1 Å². The molecule has 0 bridgehead atoms. The molecule has 6 atom stereocenters. The molecule has 13 heteroatoms. The van der Waals surface area contributed by atoms with Crippen LogP contribution >= 0.6 is 0 Å². The number of aliphatic hydroxyl groups is 4. The maximum atomic E-state index is 14.0. The SMILES string of the molecule is Nc1ccccc1N1C(=O)C2(CCN(C(=O)Nc3cc(F)cc(F)c3)CC2)C1c1ccc(C/C=C/CC2OC(CO)C(O)C(O)C2O)cc1. The highest BCUT2D eigenvalue weighted by Crippen LogP contribution is 2.58. The minimum atomic E-state index is -1.42. The van der Waals surface area contributed by atoms with Crippen LogP contribution in [-0.2, 0) is 16.0 Å². The Hall–Kier alpha value is -4.40. The van der Waals surface area contributed by atoms with Gasteiger partial charge in [0.15, 0.2) is 0 Å². The summed E-state index contributed by atoms with van der Waals surface area (Å²) in [6.45, 7) is 0.0504. The van der Waals surface area contributed by atoms with Crippen LogP contribution in [0.15, 0.2) is 78.9 Å². The molecule has 3 heterocycles. The van der Waals surface area contributed by atoms with Gasteiger partial charge in [0.1, 0.15) is 36.1 Å². The first-order valence-corrected chi connectivity index (χ1v) is 16.3. The van der Waals surface area contributed by atoms with Crippen molar-refractivity contribution < 1.29 is 43.5 Å². The summed E-state index contributed by atoms with van der Waals surface area (Å²) in [5.74, 6) is -1.68. The second-order valence-electron chi connectivity index (χ2n) is 12.9. The summed E-state index contributed by atoms with van der Waals surface area (Å²) < 4.78 is 32.9. The van der Waals surface area contributed by atoms with Crippen molar-refractivity contribution in [3.63, 3.8) is 0 Å². The van der Waals surface area contributed by atoms with Gasteiger partial charge < -0.3 is 46.0 Å².